The van der Waals surface area contributed by atoms with E-state index in [-0.39, 0.29) is 10.6 Å². The van der Waals surface area contributed by atoms with Gasteiger partial charge >= 0.3 is 0 Å². The summed E-state index contributed by atoms with van der Waals surface area (Å²) in [7, 11) is 0. The minimum Gasteiger partial charge on any atom is -0.296 e. The summed E-state index contributed by atoms with van der Waals surface area (Å²) in [4.78, 5) is 13.0. The molecule has 1 heterocycles. The molecule has 0 spiro atoms. The number of nitro groups is 1. The number of para-hydroxylation sites is 1. The molecule has 4 nitrogen and oxygen atoms in total. The number of piperidine rings is 1. The highest BCUT2D eigenvalue weighted by atomic mass is 16.6. The molecule has 17 heavy (non-hydrogen) atoms. The van der Waals surface area contributed by atoms with Crippen LogP contribution in [0.3, 0.4) is 0 Å². The summed E-state index contributed by atoms with van der Waals surface area (Å²) in [6.45, 7) is 3.94. The van der Waals surface area contributed by atoms with Crippen LogP contribution in [0.2, 0.25) is 0 Å². The second-order valence-electron chi connectivity index (χ2n) is 4.70. The van der Waals surface area contributed by atoms with Crippen molar-refractivity contribution in [3.63, 3.8) is 0 Å². The quantitative estimate of drug-likeness (QED) is 0.596. The van der Waals surface area contributed by atoms with E-state index >= 15 is 0 Å². The van der Waals surface area contributed by atoms with Gasteiger partial charge in [-0.3, -0.25) is 15.0 Å². The largest absolute Gasteiger partial charge is 0.296 e. The molecule has 0 unspecified atom stereocenters. The molecule has 0 bridgehead atoms. The zero-order valence-electron chi connectivity index (χ0n) is 10.1. The molecule has 0 radical (unpaired) electrons. The van der Waals surface area contributed by atoms with Crippen LogP contribution in [0.25, 0.3) is 0 Å². The van der Waals surface area contributed by atoms with Crippen molar-refractivity contribution >= 4 is 5.69 Å². The molecule has 1 aliphatic heterocycles. The van der Waals surface area contributed by atoms with Gasteiger partial charge in [0.1, 0.15) is 0 Å². The van der Waals surface area contributed by atoms with Gasteiger partial charge in [-0.1, -0.05) is 24.6 Å². The van der Waals surface area contributed by atoms with Crippen molar-refractivity contribution in [2.75, 3.05) is 6.54 Å². The van der Waals surface area contributed by atoms with Gasteiger partial charge in [0.05, 0.1) is 4.92 Å². The minimum atomic E-state index is -0.288. The molecule has 0 aromatic heterocycles. The summed E-state index contributed by atoms with van der Waals surface area (Å²) in [6, 6.07) is 7.57. The van der Waals surface area contributed by atoms with Crippen LogP contribution in [0.1, 0.15) is 31.7 Å². The Hall–Kier alpha value is -1.42. The van der Waals surface area contributed by atoms with E-state index in [1.165, 1.54) is 19.3 Å². The molecule has 4 heteroatoms. The third kappa shape index (κ3) is 2.82. The van der Waals surface area contributed by atoms with Crippen molar-refractivity contribution in [1.82, 2.24) is 4.90 Å². The van der Waals surface area contributed by atoms with Crippen LogP contribution in [0.4, 0.5) is 5.69 Å². The monoisotopic (exact) mass is 234 g/mol. The topological polar surface area (TPSA) is 46.4 Å². The molecule has 1 aromatic carbocycles. The van der Waals surface area contributed by atoms with Gasteiger partial charge in [-0.15, -0.1) is 0 Å². The summed E-state index contributed by atoms with van der Waals surface area (Å²) < 4.78 is 0. The van der Waals surface area contributed by atoms with Crippen molar-refractivity contribution in [2.24, 2.45) is 0 Å². The average molecular weight is 234 g/mol. The normalized spacial score (nSPS) is 21.4. The minimum absolute atomic E-state index is 0.241. The van der Waals surface area contributed by atoms with Crippen LogP contribution in [0.15, 0.2) is 24.3 Å². The lowest BCUT2D eigenvalue weighted by molar-refractivity contribution is -0.385. The SMILES string of the molecule is C[C@@H]1CCCCN1Cc1ccccc1[N+](=O)[O-]. The Morgan fingerprint density at radius 1 is 1.41 bits per heavy atom. The Morgan fingerprint density at radius 2 is 2.18 bits per heavy atom. The van der Waals surface area contributed by atoms with Crippen molar-refractivity contribution in [3.8, 4) is 0 Å². The fourth-order valence-corrected chi connectivity index (χ4v) is 2.43. The molecule has 0 amide bonds. The zero-order chi connectivity index (χ0) is 12.3. The van der Waals surface area contributed by atoms with Crippen molar-refractivity contribution < 1.29 is 4.92 Å². The number of benzene rings is 1. The molecule has 0 N–H and O–H groups in total. The third-order valence-corrected chi connectivity index (χ3v) is 3.50. The summed E-state index contributed by atoms with van der Waals surface area (Å²) in [5, 5.41) is 10.9. The molecule has 1 atom stereocenters. The van der Waals surface area contributed by atoms with E-state index in [9.17, 15) is 10.1 Å². The third-order valence-electron chi connectivity index (χ3n) is 3.50. The highest BCUT2D eigenvalue weighted by Gasteiger charge is 2.21. The summed E-state index contributed by atoms with van der Waals surface area (Å²) in [5.41, 5.74) is 1.07. The molecular weight excluding hydrogens is 216 g/mol. The van der Waals surface area contributed by atoms with Crippen molar-refractivity contribution in [2.45, 2.75) is 38.8 Å². The van der Waals surface area contributed by atoms with E-state index in [0.717, 1.165) is 12.1 Å². The van der Waals surface area contributed by atoms with Gasteiger partial charge in [0.15, 0.2) is 0 Å². The smallest absolute Gasteiger partial charge is 0.273 e. The van der Waals surface area contributed by atoms with Crippen LogP contribution >= 0.6 is 0 Å². The van der Waals surface area contributed by atoms with Gasteiger partial charge in [-0.05, 0) is 26.3 Å². The summed E-state index contributed by atoms with van der Waals surface area (Å²) in [5.74, 6) is 0. The molecule has 1 aliphatic rings. The fourth-order valence-electron chi connectivity index (χ4n) is 2.43. The van der Waals surface area contributed by atoms with Crippen LogP contribution < -0.4 is 0 Å². The zero-order valence-corrected chi connectivity index (χ0v) is 10.1. The van der Waals surface area contributed by atoms with Gasteiger partial charge in [-0.25, -0.2) is 0 Å². The van der Waals surface area contributed by atoms with Crippen molar-refractivity contribution in [3.05, 3.63) is 39.9 Å². The Labute approximate surface area is 101 Å². The maximum absolute atomic E-state index is 10.9. The highest BCUT2D eigenvalue weighted by molar-refractivity contribution is 5.39. The number of nitrogens with zero attached hydrogens (tertiary/aromatic N) is 2. The maximum atomic E-state index is 10.9. The summed E-state index contributed by atoms with van der Waals surface area (Å²) >= 11 is 0. The van der Waals surface area contributed by atoms with Crippen LogP contribution in [-0.4, -0.2) is 22.4 Å². The average Bonchev–Trinajstić information content (AvgIpc) is 2.32. The molecule has 1 fully saturated rings. The van der Waals surface area contributed by atoms with E-state index in [4.69, 9.17) is 0 Å². The first kappa shape index (κ1) is 12.0. The number of hydrogen-bond donors (Lipinski definition) is 0. The second kappa shape index (κ2) is 5.27. The van der Waals surface area contributed by atoms with E-state index in [1.54, 1.807) is 12.1 Å². The molecule has 92 valence electrons. The van der Waals surface area contributed by atoms with E-state index in [0.29, 0.717) is 12.6 Å². The molecular formula is C13H18N2O2. The van der Waals surface area contributed by atoms with Crippen LogP contribution in [0, 0.1) is 10.1 Å². The predicted octanol–water partition coefficient (Wildman–Crippen LogP) is 2.97. The number of hydrogen-bond acceptors (Lipinski definition) is 3. The first-order valence-corrected chi connectivity index (χ1v) is 6.15. The second-order valence-corrected chi connectivity index (χ2v) is 4.70. The Bertz CT molecular complexity index is 406. The number of nitro benzene ring substituents is 1. The van der Waals surface area contributed by atoms with E-state index in [2.05, 4.69) is 11.8 Å². The first-order chi connectivity index (χ1) is 8.18. The maximum Gasteiger partial charge on any atom is 0.273 e. The Balaban J connectivity index is 2.14. The fraction of sp³-hybridized carbons (Fsp3) is 0.538. The highest BCUT2D eigenvalue weighted by Crippen LogP contribution is 2.24. The molecule has 0 aliphatic carbocycles. The first-order valence-electron chi connectivity index (χ1n) is 6.15. The van der Waals surface area contributed by atoms with Gasteiger partial charge in [0, 0.05) is 24.2 Å². The lowest BCUT2D eigenvalue weighted by Gasteiger charge is -2.33. The van der Waals surface area contributed by atoms with Crippen molar-refractivity contribution in [1.29, 1.82) is 0 Å². The number of rotatable bonds is 3. The van der Waals surface area contributed by atoms with E-state index in [1.807, 2.05) is 12.1 Å². The summed E-state index contributed by atoms with van der Waals surface area (Å²) in [6.07, 6.45) is 3.67. The molecule has 1 saturated heterocycles. The lowest BCUT2D eigenvalue weighted by Crippen LogP contribution is -2.36. The van der Waals surface area contributed by atoms with Gasteiger partial charge in [0.25, 0.3) is 5.69 Å². The standard InChI is InChI=1S/C13H18N2O2/c1-11-6-4-5-9-14(11)10-12-7-2-3-8-13(12)15(16)17/h2-3,7-8,11H,4-6,9-10H2,1H3/t11-/m1/s1. The number of likely N-dealkylation sites (tertiary alicyclic amines) is 1. The van der Waals surface area contributed by atoms with Crippen LogP contribution in [0.5, 0.6) is 0 Å². The van der Waals surface area contributed by atoms with E-state index < -0.39 is 0 Å². The molecule has 1 aromatic rings. The lowest BCUT2D eigenvalue weighted by atomic mass is 10.0. The van der Waals surface area contributed by atoms with Gasteiger partial charge in [-0.2, -0.15) is 0 Å². The predicted molar refractivity (Wildman–Crippen MR) is 66.8 cm³/mol. The Kier molecular flexibility index (Phi) is 3.74. The van der Waals surface area contributed by atoms with Gasteiger partial charge < -0.3 is 0 Å². The van der Waals surface area contributed by atoms with Gasteiger partial charge in [0.2, 0.25) is 0 Å². The molecule has 0 saturated carbocycles. The Morgan fingerprint density at radius 3 is 2.88 bits per heavy atom. The molecule has 2 rings (SSSR count). The van der Waals surface area contributed by atoms with Crippen LogP contribution in [-0.2, 0) is 6.54 Å².